The fourth-order valence-electron chi connectivity index (χ4n) is 6.19. The van der Waals surface area contributed by atoms with Gasteiger partial charge in [0.05, 0.1) is 5.60 Å². The highest BCUT2D eigenvalue weighted by atomic mass is 28.4. The van der Waals surface area contributed by atoms with Crippen LogP contribution in [0.15, 0.2) is 72.3 Å². The van der Waals surface area contributed by atoms with Gasteiger partial charge in [-0.15, -0.1) is 0 Å². The summed E-state index contributed by atoms with van der Waals surface area (Å²) in [4.78, 5) is 2.48. The SMILES string of the molecule is C[C@@H](/C=C1\CN2CCC[C@H]2[C@@](C)(O)C1)CO[Si](c1ccccc1)(c1ccccc1)C(C)(C)C. The van der Waals surface area contributed by atoms with E-state index in [-0.39, 0.29) is 11.0 Å². The van der Waals surface area contributed by atoms with Crippen molar-refractivity contribution in [2.45, 2.75) is 70.6 Å². The first kappa shape index (κ1) is 24.4. The standard InChI is InChI=1S/C29H41NO2Si/c1-23(19-24-20-29(5,31)27-17-12-18-30(27)21-24)22-32-33(28(2,3)4,25-13-8-6-9-14-25)26-15-10-7-11-16-26/h6-11,13-16,19,23,27,31H,12,17-18,20-22H2,1-5H3/b24-19-/t23-,27-,29-/m0/s1. The molecule has 3 nitrogen and oxygen atoms in total. The summed E-state index contributed by atoms with van der Waals surface area (Å²) in [6.07, 6.45) is 5.46. The molecule has 33 heavy (non-hydrogen) atoms. The molecule has 0 aromatic heterocycles. The van der Waals surface area contributed by atoms with Crippen molar-refractivity contribution < 1.29 is 9.53 Å². The van der Waals surface area contributed by atoms with E-state index in [4.69, 9.17) is 4.43 Å². The molecule has 2 aliphatic rings. The molecule has 2 fully saturated rings. The lowest BCUT2D eigenvalue weighted by molar-refractivity contribution is -0.0330. The van der Waals surface area contributed by atoms with Crippen LogP contribution in [0, 0.1) is 5.92 Å². The fraction of sp³-hybridized carbons (Fsp3) is 0.517. The molecule has 2 aromatic carbocycles. The van der Waals surface area contributed by atoms with Crippen molar-refractivity contribution >= 4 is 18.7 Å². The third-order valence-electron chi connectivity index (χ3n) is 7.57. The molecule has 0 unspecified atom stereocenters. The average Bonchev–Trinajstić information content (AvgIpc) is 3.24. The number of aliphatic hydroxyl groups is 1. The Kier molecular flexibility index (Phi) is 7.02. The van der Waals surface area contributed by atoms with E-state index >= 15 is 0 Å². The topological polar surface area (TPSA) is 32.7 Å². The van der Waals surface area contributed by atoms with Crippen molar-refractivity contribution in [2.24, 2.45) is 5.92 Å². The monoisotopic (exact) mass is 463 g/mol. The largest absolute Gasteiger partial charge is 0.407 e. The summed E-state index contributed by atoms with van der Waals surface area (Å²) in [6.45, 7) is 14.0. The predicted molar refractivity (Wildman–Crippen MR) is 141 cm³/mol. The van der Waals surface area contributed by atoms with Gasteiger partial charge in [-0.3, -0.25) is 4.90 Å². The van der Waals surface area contributed by atoms with Crippen molar-refractivity contribution in [1.82, 2.24) is 4.90 Å². The number of hydrogen-bond acceptors (Lipinski definition) is 3. The number of fused-ring (bicyclic) bond motifs is 1. The van der Waals surface area contributed by atoms with Crippen LogP contribution in [-0.2, 0) is 4.43 Å². The van der Waals surface area contributed by atoms with Gasteiger partial charge in [-0.05, 0) is 54.1 Å². The molecule has 1 N–H and O–H groups in total. The molecular weight excluding hydrogens is 422 g/mol. The molecule has 0 amide bonds. The average molecular weight is 464 g/mol. The molecule has 2 saturated heterocycles. The zero-order valence-electron chi connectivity index (χ0n) is 21.1. The molecule has 0 aliphatic carbocycles. The summed E-state index contributed by atoms with van der Waals surface area (Å²) in [7, 11) is -2.52. The number of piperidine rings is 1. The van der Waals surface area contributed by atoms with Crippen molar-refractivity contribution in [3.63, 3.8) is 0 Å². The maximum Gasteiger partial charge on any atom is 0.261 e. The van der Waals surface area contributed by atoms with E-state index in [0.717, 1.165) is 25.9 Å². The van der Waals surface area contributed by atoms with Gasteiger partial charge in [-0.1, -0.05) is 100 Å². The second-order valence-electron chi connectivity index (χ2n) is 11.4. The van der Waals surface area contributed by atoms with Gasteiger partial charge < -0.3 is 9.53 Å². The molecule has 4 heteroatoms. The van der Waals surface area contributed by atoms with Crippen LogP contribution >= 0.6 is 0 Å². The Morgan fingerprint density at radius 1 is 1.09 bits per heavy atom. The summed E-state index contributed by atoms with van der Waals surface area (Å²) in [6, 6.07) is 22.0. The summed E-state index contributed by atoms with van der Waals surface area (Å²) in [5, 5.41) is 13.7. The lowest BCUT2D eigenvalue weighted by Gasteiger charge is -2.44. The Labute approximate surface area is 201 Å². The normalized spacial score (nSPS) is 26.4. The molecule has 2 aliphatic heterocycles. The van der Waals surface area contributed by atoms with Crippen LogP contribution in [0.5, 0.6) is 0 Å². The molecule has 0 bridgehead atoms. The van der Waals surface area contributed by atoms with Crippen molar-refractivity contribution in [3.8, 4) is 0 Å². The number of nitrogens with zero attached hydrogens (tertiary/aromatic N) is 1. The number of hydrogen-bond donors (Lipinski definition) is 1. The molecule has 0 radical (unpaired) electrons. The minimum absolute atomic E-state index is 0.0140. The van der Waals surface area contributed by atoms with E-state index in [0.29, 0.717) is 12.6 Å². The highest BCUT2D eigenvalue weighted by Crippen LogP contribution is 2.39. The Morgan fingerprint density at radius 3 is 2.21 bits per heavy atom. The molecule has 178 valence electrons. The highest BCUT2D eigenvalue weighted by Gasteiger charge is 2.50. The first-order valence-corrected chi connectivity index (χ1v) is 14.5. The maximum absolute atomic E-state index is 11.1. The van der Waals surface area contributed by atoms with Gasteiger partial charge in [0, 0.05) is 19.2 Å². The number of rotatable bonds is 6. The summed E-state index contributed by atoms with van der Waals surface area (Å²) >= 11 is 0. The molecule has 0 spiro atoms. The zero-order chi connectivity index (χ0) is 23.7. The van der Waals surface area contributed by atoms with E-state index < -0.39 is 13.9 Å². The van der Waals surface area contributed by atoms with E-state index in [1.54, 1.807) is 0 Å². The smallest absolute Gasteiger partial charge is 0.261 e. The minimum Gasteiger partial charge on any atom is -0.407 e. The van der Waals surface area contributed by atoms with Crippen LogP contribution < -0.4 is 10.4 Å². The summed E-state index contributed by atoms with van der Waals surface area (Å²) < 4.78 is 7.13. The Balaban J connectivity index is 1.61. The van der Waals surface area contributed by atoms with Gasteiger partial charge in [0.25, 0.3) is 8.32 Å². The van der Waals surface area contributed by atoms with Crippen LogP contribution in [0.1, 0.15) is 53.9 Å². The molecule has 2 heterocycles. The molecule has 4 rings (SSSR count). The van der Waals surface area contributed by atoms with Gasteiger partial charge in [-0.2, -0.15) is 0 Å². The fourth-order valence-corrected chi connectivity index (χ4v) is 10.9. The van der Waals surface area contributed by atoms with Gasteiger partial charge >= 0.3 is 0 Å². The van der Waals surface area contributed by atoms with Crippen LogP contribution in [0.25, 0.3) is 0 Å². The van der Waals surface area contributed by atoms with Crippen LogP contribution in [0.4, 0.5) is 0 Å². The van der Waals surface area contributed by atoms with E-state index in [2.05, 4.69) is 99.3 Å². The zero-order valence-corrected chi connectivity index (χ0v) is 22.1. The lowest BCUT2D eigenvalue weighted by Crippen LogP contribution is -2.66. The molecule has 2 aromatic rings. The van der Waals surface area contributed by atoms with Crippen LogP contribution in [-0.4, -0.2) is 49.7 Å². The Morgan fingerprint density at radius 2 is 1.67 bits per heavy atom. The van der Waals surface area contributed by atoms with E-state index in [9.17, 15) is 5.11 Å². The maximum atomic E-state index is 11.1. The van der Waals surface area contributed by atoms with Gasteiger partial charge in [-0.25, -0.2) is 0 Å². The number of benzene rings is 2. The third kappa shape index (κ3) is 4.90. The second-order valence-corrected chi connectivity index (χ2v) is 15.7. The molecular formula is C29H41NO2Si. The first-order chi connectivity index (χ1) is 15.6. The second kappa shape index (κ2) is 9.50. The van der Waals surface area contributed by atoms with Crippen molar-refractivity contribution in [2.75, 3.05) is 19.7 Å². The van der Waals surface area contributed by atoms with Gasteiger partial charge in [0.1, 0.15) is 0 Å². The van der Waals surface area contributed by atoms with Gasteiger partial charge in [0.2, 0.25) is 0 Å². The minimum atomic E-state index is -2.52. The molecule has 0 saturated carbocycles. The van der Waals surface area contributed by atoms with Crippen LogP contribution in [0.3, 0.4) is 0 Å². The Hall–Kier alpha value is -1.72. The van der Waals surface area contributed by atoms with E-state index in [1.807, 2.05) is 6.92 Å². The summed E-state index contributed by atoms with van der Waals surface area (Å²) in [5.41, 5.74) is 0.732. The van der Waals surface area contributed by atoms with Gasteiger partial charge in [0.15, 0.2) is 0 Å². The van der Waals surface area contributed by atoms with Crippen molar-refractivity contribution in [1.29, 1.82) is 0 Å². The summed E-state index contributed by atoms with van der Waals surface area (Å²) in [5.74, 6) is 0.289. The Bertz CT molecular complexity index is 909. The first-order valence-electron chi connectivity index (χ1n) is 12.5. The highest BCUT2D eigenvalue weighted by molar-refractivity contribution is 6.99. The predicted octanol–water partition coefficient (Wildman–Crippen LogP) is 4.74. The molecule has 3 atom stereocenters. The van der Waals surface area contributed by atoms with E-state index in [1.165, 1.54) is 22.4 Å². The lowest BCUT2D eigenvalue weighted by atomic mass is 9.83. The van der Waals surface area contributed by atoms with Crippen LogP contribution in [0.2, 0.25) is 5.04 Å². The third-order valence-corrected chi connectivity index (χ3v) is 12.6. The van der Waals surface area contributed by atoms with Crippen molar-refractivity contribution in [3.05, 3.63) is 72.3 Å². The quantitative estimate of drug-likeness (QED) is 0.496.